The van der Waals surface area contributed by atoms with Crippen LogP contribution in [0.15, 0.2) is 72.8 Å². The molecule has 3 aromatic carbocycles. The minimum Gasteiger partial charge on any atom is -0.483 e. The van der Waals surface area contributed by atoms with E-state index in [4.69, 9.17) is 4.74 Å². The van der Waals surface area contributed by atoms with Crippen LogP contribution >= 0.6 is 0 Å². The molecule has 3 rings (SSSR count). The van der Waals surface area contributed by atoms with E-state index in [0.29, 0.717) is 5.69 Å². The molecule has 7 nitrogen and oxygen atoms in total. The molecule has 0 saturated heterocycles. The molecule has 0 aliphatic rings. The summed E-state index contributed by atoms with van der Waals surface area (Å²) in [6.07, 6.45) is 0. The van der Waals surface area contributed by atoms with Gasteiger partial charge in [0.1, 0.15) is 11.6 Å². The first-order chi connectivity index (χ1) is 16.3. The SMILES string of the molecule is CC(C)C(=O)Nc1cccc(CNC(=O)c2ccccc2OCC(=O)Nc2ccccc2F)c1. The van der Waals surface area contributed by atoms with Gasteiger partial charge in [-0.05, 0) is 42.0 Å². The first kappa shape index (κ1) is 24.4. The second-order valence-electron chi connectivity index (χ2n) is 7.84. The lowest BCUT2D eigenvalue weighted by molar-refractivity contribution is -0.119. The standard InChI is InChI=1S/C26H26FN3O4/c1-17(2)25(32)29-19-9-7-8-18(14-19)15-28-26(33)20-10-3-6-13-23(20)34-16-24(31)30-22-12-5-4-11-21(22)27/h3-14,17H,15-16H2,1-2H3,(H,28,33)(H,29,32)(H,30,31). The van der Waals surface area contributed by atoms with Crippen LogP contribution in [0.3, 0.4) is 0 Å². The number of hydrogen-bond donors (Lipinski definition) is 3. The zero-order chi connectivity index (χ0) is 24.5. The lowest BCUT2D eigenvalue weighted by Gasteiger charge is -2.13. The summed E-state index contributed by atoms with van der Waals surface area (Å²) in [5.41, 5.74) is 1.76. The molecule has 0 radical (unpaired) electrons. The van der Waals surface area contributed by atoms with Crippen molar-refractivity contribution in [3.8, 4) is 5.75 Å². The number of nitrogens with one attached hydrogen (secondary N) is 3. The molecule has 176 valence electrons. The number of para-hydroxylation sites is 2. The molecule has 0 aliphatic heterocycles. The molecule has 0 heterocycles. The number of halogens is 1. The van der Waals surface area contributed by atoms with Gasteiger partial charge in [0.15, 0.2) is 6.61 Å². The molecule has 0 saturated carbocycles. The Morgan fingerprint density at radius 3 is 2.41 bits per heavy atom. The second-order valence-corrected chi connectivity index (χ2v) is 7.84. The number of hydrogen-bond acceptors (Lipinski definition) is 4. The number of amides is 3. The summed E-state index contributed by atoms with van der Waals surface area (Å²) < 4.78 is 19.2. The van der Waals surface area contributed by atoms with Crippen LogP contribution in [-0.4, -0.2) is 24.3 Å². The Hall–Kier alpha value is -4.20. The fraction of sp³-hybridized carbons (Fsp3) is 0.192. The van der Waals surface area contributed by atoms with Gasteiger partial charge in [0.25, 0.3) is 11.8 Å². The van der Waals surface area contributed by atoms with Crippen LogP contribution in [0.5, 0.6) is 5.75 Å². The molecule has 3 amide bonds. The number of carbonyl (C=O) groups is 3. The van der Waals surface area contributed by atoms with E-state index in [2.05, 4.69) is 16.0 Å². The first-order valence-corrected chi connectivity index (χ1v) is 10.8. The van der Waals surface area contributed by atoms with Crippen molar-refractivity contribution in [2.45, 2.75) is 20.4 Å². The van der Waals surface area contributed by atoms with Crippen LogP contribution in [0.1, 0.15) is 29.8 Å². The Kier molecular flexibility index (Phi) is 8.34. The van der Waals surface area contributed by atoms with Gasteiger partial charge < -0.3 is 20.7 Å². The fourth-order valence-electron chi connectivity index (χ4n) is 3.00. The van der Waals surface area contributed by atoms with Gasteiger partial charge in [0.2, 0.25) is 5.91 Å². The average Bonchev–Trinajstić information content (AvgIpc) is 2.83. The molecule has 34 heavy (non-hydrogen) atoms. The van der Waals surface area contributed by atoms with Gasteiger partial charge in [0, 0.05) is 18.2 Å². The highest BCUT2D eigenvalue weighted by molar-refractivity contribution is 5.97. The van der Waals surface area contributed by atoms with Gasteiger partial charge in [-0.25, -0.2) is 4.39 Å². The van der Waals surface area contributed by atoms with Crippen molar-refractivity contribution in [1.82, 2.24) is 5.32 Å². The summed E-state index contributed by atoms with van der Waals surface area (Å²) in [6, 6.07) is 19.5. The van der Waals surface area contributed by atoms with Crippen molar-refractivity contribution in [3.63, 3.8) is 0 Å². The molecule has 0 spiro atoms. The lowest BCUT2D eigenvalue weighted by atomic mass is 10.1. The molecule has 3 N–H and O–H groups in total. The normalized spacial score (nSPS) is 10.5. The number of anilines is 2. The van der Waals surface area contributed by atoms with E-state index < -0.39 is 18.3 Å². The van der Waals surface area contributed by atoms with E-state index >= 15 is 0 Å². The van der Waals surface area contributed by atoms with Crippen molar-refractivity contribution >= 4 is 29.1 Å². The van der Waals surface area contributed by atoms with Gasteiger partial charge in [-0.1, -0.05) is 50.2 Å². The van der Waals surface area contributed by atoms with E-state index in [-0.39, 0.29) is 41.3 Å². The number of benzene rings is 3. The van der Waals surface area contributed by atoms with Gasteiger partial charge in [-0.2, -0.15) is 0 Å². The Bertz CT molecular complexity index is 1180. The minimum absolute atomic E-state index is 0.0499. The predicted molar refractivity (Wildman–Crippen MR) is 128 cm³/mol. The van der Waals surface area contributed by atoms with E-state index in [0.717, 1.165) is 5.56 Å². The van der Waals surface area contributed by atoms with Crippen molar-refractivity contribution in [2.75, 3.05) is 17.2 Å². The maximum Gasteiger partial charge on any atom is 0.262 e. The van der Waals surface area contributed by atoms with Crippen molar-refractivity contribution in [1.29, 1.82) is 0 Å². The maximum absolute atomic E-state index is 13.7. The smallest absolute Gasteiger partial charge is 0.262 e. The summed E-state index contributed by atoms with van der Waals surface area (Å²) in [4.78, 5) is 36.8. The topological polar surface area (TPSA) is 96.5 Å². The quantitative estimate of drug-likeness (QED) is 0.439. The van der Waals surface area contributed by atoms with Gasteiger partial charge >= 0.3 is 0 Å². The Morgan fingerprint density at radius 1 is 0.912 bits per heavy atom. The third-order valence-corrected chi connectivity index (χ3v) is 4.81. The zero-order valence-electron chi connectivity index (χ0n) is 18.9. The molecular weight excluding hydrogens is 437 g/mol. The Morgan fingerprint density at radius 2 is 1.65 bits per heavy atom. The largest absolute Gasteiger partial charge is 0.483 e. The van der Waals surface area contributed by atoms with Crippen molar-refractivity contribution in [2.24, 2.45) is 5.92 Å². The lowest BCUT2D eigenvalue weighted by Crippen LogP contribution is -2.25. The average molecular weight is 464 g/mol. The monoisotopic (exact) mass is 463 g/mol. The minimum atomic E-state index is -0.555. The van der Waals surface area contributed by atoms with E-state index in [1.807, 2.05) is 19.9 Å². The van der Waals surface area contributed by atoms with Crippen LogP contribution in [0.2, 0.25) is 0 Å². The van der Waals surface area contributed by atoms with Crippen molar-refractivity contribution in [3.05, 3.63) is 89.7 Å². The molecule has 0 atom stereocenters. The van der Waals surface area contributed by atoms with Crippen LogP contribution in [0.4, 0.5) is 15.8 Å². The Balaban J connectivity index is 1.58. The predicted octanol–water partition coefficient (Wildman–Crippen LogP) is 4.37. The molecule has 8 heteroatoms. The molecule has 0 bridgehead atoms. The first-order valence-electron chi connectivity index (χ1n) is 10.8. The summed E-state index contributed by atoms with van der Waals surface area (Å²) in [7, 11) is 0. The van der Waals surface area contributed by atoms with Gasteiger partial charge in [0.05, 0.1) is 11.3 Å². The van der Waals surface area contributed by atoms with Gasteiger partial charge in [-0.15, -0.1) is 0 Å². The highest BCUT2D eigenvalue weighted by Crippen LogP contribution is 2.19. The maximum atomic E-state index is 13.7. The summed E-state index contributed by atoms with van der Waals surface area (Å²) in [6.45, 7) is 3.45. The van der Waals surface area contributed by atoms with Crippen molar-refractivity contribution < 1.29 is 23.5 Å². The number of rotatable bonds is 9. The fourth-order valence-corrected chi connectivity index (χ4v) is 3.00. The molecule has 0 fully saturated rings. The van der Waals surface area contributed by atoms with Crippen LogP contribution in [0.25, 0.3) is 0 Å². The van der Waals surface area contributed by atoms with Gasteiger partial charge in [-0.3, -0.25) is 14.4 Å². The van der Waals surface area contributed by atoms with E-state index in [1.54, 1.807) is 48.5 Å². The molecular formula is C26H26FN3O4. The molecule has 0 unspecified atom stereocenters. The zero-order valence-corrected chi connectivity index (χ0v) is 18.9. The highest BCUT2D eigenvalue weighted by Gasteiger charge is 2.14. The summed E-state index contributed by atoms with van der Waals surface area (Å²) in [5.74, 6) is -1.51. The van der Waals surface area contributed by atoms with Crippen LogP contribution < -0.4 is 20.7 Å². The van der Waals surface area contributed by atoms with Crippen LogP contribution in [-0.2, 0) is 16.1 Å². The Labute approximate surface area is 197 Å². The number of carbonyl (C=O) groups excluding carboxylic acids is 3. The highest BCUT2D eigenvalue weighted by atomic mass is 19.1. The molecule has 0 aromatic heterocycles. The second kappa shape index (κ2) is 11.6. The third-order valence-electron chi connectivity index (χ3n) is 4.81. The summed E-state index contributed by atoms with van der Waals surface area (Å²) >= 11 is 0. The third kappa shape index (κ3) is 6.90. The molecule has 3 aromatic rings. The summed E-state index contributed by atoms with van der Waals surface area (Å²) in [5, 5.41) is 8.07. The number of ether oxygens (including phenoxy) is 1. The van der Waals surface area contributed by atoms with E-state index in [1.165, 1.54) is 18.2 Å². The van der Waals surface area contributed by atoms with E-state index in [9.17, 15) is 18.8 Å². The molecule has 0 aliphatic carbocycles. The van der Waals surface area contributed by atoms with Crippen LogP contribution in [0, 0.1) is 11.7 Å².